The van der Waals surface area contributed by atoms with Crippen molar-refractivity contribution in [2.24, 2.45) is 0 Å². The maximum Gasteiger partial charge on any atom is 0.343 e. The molecule has 0 aliphatic heterocycles. The first-order valence-corrected chi connectivity index (χ1v) is 9.41. The summed E-state index contributed by atoms with van der Waals surface area (Å²) in [6.07, 6.45) is 1.45. The first-order chi connectivity index (χ1) is 14.0. The van der Waals surface area contributed by atoms with E-state index in [9.17, 15) is 14.9 Å². The number of amides is 1. The fraction of sp³-hybridized carbons (Fsp3) is 0.190. The van der Waals surface area contributed by atoms with Crippen molar-refractivity contribution in [3.63, 3.8) is 0 Å². The standard InChI is InChI=1S/C21H19BrN2O5/c1-3-28-17-6-4-5-16(11-17)24-21(26)15(12-23)9-14-7-8-19(18(22)10-14)29-13-20(25)27-2/h4-11H,3,13H2,1-2H3,(H,24,26)/b15-9-. The molecule has 0 heterocycles. The van der Waals surface area contributed by atoms with E-state index in [4.69, 9.17) is 9.47 Å². The van der Waals surface area contributed by atoms with Gasteiger partial charge in [0.1, 0.15) is 23.1 Å². The Morgan fingerprint density at radius 3 is 2.66 bits per heavy atom. The van der Waals surface area contributed by atoms with Crippen LogP contribution in [0.2, 0.25) is 0 Å². The Hall–Kier alpha value is -3.31. The van der Waals surface area contributed by atoms with Crippen molar-refractivity contribution in [1.29, 1.82) is 5.26 Å². The lowest BCUT2D eigenvalue weighted by atomic mass is 10.1. The minimum atomic E-state index is -0.539. The van der Waals surface area contributed by atoms with Crippen molar-refractivity contribution in [3.05, 3.63) is 58.1 Å². The molecular formula is C21H19BrN2O5. The summed E-state index contributed by atoms with van der Waals surface area (Å²) < 4.78 is 15.8. The van der Waals surface area contributed by atoms with Crippen LogP contribution in [0, 0.1) is 11.3 Å². The summed E-state index contributed by atoms with van der Waals surface area (Å²) in [5.74, 6) is 0.0171. The van der Waals surface area contributed by atoms with Crippen LogP contribution >= 0.6 is 15.9 Å². The molecule has 2 aromatic rings. The highest BCUT2D eigenvalue weighted by atomic mass is 79.9. The highest BCUT2D eigenvalue weighted by Gasteiger charge is 2.11. The third-order valence-electron chi connectivity index (χ3n) is 3.61. The van der Waals surface area contributed by atoms with E-state index in [2.05, 4.69) is 26.0 Å². The van der Waals surface area contributed by atoms with Crippen molar-refractivity contribution >= 4 is 39.6 Å². The van der Waals surface area contributed by atoms with Crippen molar-refractivity contribution < 1.29 is 23.8 Å². The number of nitrogens with zero attached hydrogens (tertiary/aromatic N) is 1. The summed E-state index contributed by atoms with van der Waals surface area (Å²) in [6.45, 7) is 2.15. The lowest BCUT2D eigenvalue weighted by molar-refractivity contribution is -0.142. The first-order valence-electron chi connectivity index (χ1n) is 8.62. The van der Waals surface area contributed by atoms with Gasteiger partial charge in [-0.3, -0.25) is 4.79 Å². The van der Waals surface area contributed by atoms with E-state index in [-0.39, 0.29) is 12.2 Å². The zero-order valence-electron chi connectivity index (χ0n) is 15.9. The topological polar surface area (TPSA) is 97.6 Å². The molecule has 1 amide bonds. The molecule has 2 aromatic carbocycles. The van der Waals surface area contributed by atoms with Crippen LogP contribution in [0.15, 0.2) is 52.5 Å². The second kappa shape index (κ2) is 10.9. The lowest BCUT2D eigenvalue weighted by Crippen LogP contribution is -2.13. The number of methoxy groups -OCH3 is 1. The second-order valence-electron chi connectivity index (χ2n) is 5.64. The molecule has 0 unspecified atom stereocenters. The average Bonchev–Trinajstić information content (AvgIpc) is 2.71. The van der Waals surface area contributed by atoms with E-state index in [1.165, 1.54) is 13.2 Å². The van der Waals surface area contributed by atoms with Crippen LogP contribution < -0.4 is 14.8 Å². The van der Waals surface area contributed by atoms with Gasteiger partial charge in [0.25, 0.3) is 5.91 Å². The largest absolute Gasteiger partial charge is 0.494 e. The van der Waals surface area contributed by atoms with E-state index < -0.39 is 11.9 Å². The number of benzene rings is 2. The van der Waals surface area contributed by atoms with Gasteiger partial charge in [-0.2, -0.15) is 5.26 Å². The Labute approximate surface area is 177 Å². The van der Waals surface area contributed by atoms with Gasteiger partial charge in [-0.15, -0.1) is 0 Å². The van der Waals surface area contributed by atoms with Gasteiger partial charge in [-0.25, -0.2) is 4.79 Å². The number of hydrogen-bond donors (Lipinski definition) is 1. The van der Waals surface area contributed by atoms with E-state index in [0.717, 1.165) is 0 Å². The Morgan fingerprint density at radius 2 is 2.00 bits per heavy atom. The molecule has 0 radical (unpaired) electrons. The molecule has 0 aliphatic carbocycles. The quantitative estimate of drug-likeness (QED) is 0.365. The van der Waals surface area contributed by atoms with Gasteiger partial charge in [0, 0.05) is 11.8 Å². The van der Waals surface area contributed by atoms with Gasteiger partial charge >= 0.3 is 5.97 Å². The number of nitriles is 1. The molecule has 7 nitrogen and oxygen atoms in total. The van der Waals surface area contributed by atoms with Crippen LogP contribution in [-0.4, -0.2) is 32.2 Å². The van der Waals surface area contributed by atoms with Gasteiger partial charge in [0.2, 0.25) is 0 Å². The van der Waals surface area contributed by atoms with Gasteiger partial charge in [0.05, 0.1) is 18.2 Å². The monoisotopic (exact) mass is 458 g/mol. The summed E-state index contributed by atoms with van der Waals surface area (Å²) >= 11 is 3.34. The fourth-order valence-corrected chi connectivity index (χ4v) is 2.77. The Morgan fingerprint density at radius 1 is 1.21 bits per heavy atom. The zero-order chi connectivity index (χ0) is 21.2. The van der Waals surface area contributed by atoms with Gasteiger partial charge in [-0.05, 0) is 58.8 Å². The molecular weight excluding hydrogens is 440 g/mol. The van der Waals surface area contributed by atoms with Crippen molar-refractivity contribution in [3.8, 4) is 17.6 Å². The molecule has 0 aromatic heterocycles. The van der Waals surface area contributed by atoms with E-state index >= 15 is 0 Å². The van der Waals surface area contributed by atoms with Crippen molar-refractivity contribution in [2.45, 2.75) is 6.92 Å². The number of carbonyl (C=O) groups excluding carboxylic acids is 2. The molecule has 8 heteroatoms. The first kappa shape index (κ1) is 22.0. The predicted molar refractivity (Wildman–Crippen MR) is 111 cm³/mol. The summed E-state index contributed by atoms with van der Waals surface area (Å²) in [7, 11) is 1.27. The smallest absolute Gasteiger partial charge is 0.343 e. The molecule has 1 N–H and O–H groups in total. The van der Waals surface area contributed by atoms with Crippen LogP contribution in [0.3, 0.4) is 0 Å². The minimum absolute atomic E-state index is 0.0676. The number of ether oxygens (including phenoxy) is 3. The summed E-state index contributed by atoms with van der Waals surface area (Å²) in [6, 6.07) is 13.8. The number of nitrogens with one attached hydrogen (secondary N) is 1. The molecule has 0 bridgehead atoms. The fourth-order valence-electron chi connectivity index (χ4n) is 2.26. The van der Waals surface area contributed by atoms with E-state index in [0.29, 0.717) is 33.8 Å². The van der Waals surface area contributed by atoms with E-state index in [1.807, 2.05) is 13.0 Å². The summed E-state index contributed by atoms with van der Waals surface area (Å²) in [5.41, 5.74) is 1.06. The third kappa shape index (κ3) is 6.66. The highest BCUT2D eigenvalue weighted by Crippen LogP contribution is 2.27. The SMILES string of the molecule is CCOc1cccc(NC(=O)/C(C#N)=C\c2ccc(OCC(=O)OC)c(Br)c2)c1. The highest BCUT2D eigenvalue weighted by molar-refractivity contribution is 9.10. The molecule has 0 spiro atoms. The van der Waals surface area contributed by atoms with Crippen LogP contribution in [-0.2, 0) is 14.3 Å². The third-order valence-corrected chi connectivity index (χ3v) is 4.23. The molecule has 0 aliphatic rings. The molecule has 2 rings (SSSR count). The number of halogens is 1. The summed E-state index contributed by atoms with van der Waals surface area (Å²) in [5, 5.41) is 12.1. The Balaban J connectivity index is 2.13. The van der Waals surface area contributed by atoms with Gasteiger partial charge in [-0.1, -0.05) is 12.1 Å². The lowest BCUT2D eigenvalue weighted by Gasteiger charge is -2.09. The van der Waals surface area contributed by atoms with Crippen LogP contribution in [0.1, 0.15) is 12.5 Å². The van der Waals surface area contributed by atoms with Gasteiger partial charge < -0.3 is 19.5 Å². The molecule has 0 saturated heterocycles. The Kier molecular flexibility index (Phi) is 8.25. The summed E-state index contributed by atoms with van der Waals surface area (Å²) in [4.78, 5) is 23.6. The zero-order valence-corrected chi connectivity index (χ0v) is 17.5. The number of anilines is 1. The van der Waals surface area contributed by atoms with Crippen LogP contribution in [0.25, 0.3) is 6.08 Å². The van der Waals surface area contributed by atoms with Crippen LogP contribution in [0.4, 0.5) is 5.69 Å². The number of hydrogen-bond acceptors (Lipinski definition) is 6. The van der Waals surface area contributed by atoms with Crippen molar-refractivity contribution in [2.75, 3.05) is 25.6 Å². The predicted octanol–water partition coefficient (Wildman–Crippen LogP) is 3.95. The van der Waals surface area contributed by atoms with Crippen molar-refractivity contribution in [1.82, 2.24) is 0 Å². The number of carbonyl (C=O) groups is 2. The normalized spacial score (nSPS) is 10.6. The maximum atomic E-state index is 12.4. The van der Waals surface area contributed by atoms with Crippen LogP contribution in [0.5, 0.6) is 11.5 Å². The molecule has 0 fully saturated rings. The minimum Gasteiger partial charge on any atom is -0.494 e. The molecule has 0 saturated carbocycles. The van der Waals surface area contributed by atoms with E-state index in [1.54, 1.807) is 42.5 Å². The Bertz CT molecular complexity index is 966. The second-order valence-corrected chi connectivity index (χ2v) is 6.49. The molecule has 150 valence electrons. The number of rotatable bonds is 8. The molecule has 0 atom stereocenters. The average molecular weight is 459 g/mol. The van der Waals surface area contributed by atoms with Gasteiger partial charge in [0.15, 0.2) is 6.61 Å². The number of esters is 1. The molecule has 29 heavy (non-hydrogen) atoms. The maximum absolute atomic E-state index is 12.4.